The van der Waals surface area contributed by atoms with Gasteiger partial charge in [-0.05, 0) is 93.3 Å². The molecule has 7 heteroatoms. The van der Waals surface area contributed by atoms with E-state index in [0.717, 1.165) is 55.1 Å². The summed E-state index contributed by atoms with van der Waals surface area (Å²) in [5.74, 6) is 0. The summed E-state index contributed by atoms with van der Waals surface area (Å²) in [5.41, 5.74) is 7.95. The molecule has 1 fully saturated rings. The Kier molecular flexibility index (Phi) is 9.12. The number of piperidine rings is 1. The number of hydrogen-bond donors (Lipinski definition) is 2. The zero-order valence-corrected chi connectivity index (χ0v) is 25.0. The minimum Gasteiger partial charge on any atom is -0.444 e. The van der Waals surface area contributed by atoms with E-state index in [1.807, 2.05) is 69.4 Å². The highest BCUT2D eigenvalue weighted by atomic mass is 35.5. The molecule has 0 unspecified atom stereocenters. The molecule has 2 N–H and O–H groups in total. The summed E-state index contributed by atoms with van der Waals surface area (Å²) >= 11 is 6.39. The van der Waals surface area contributed by atoms with Gasteiger partial charge in [-0.1, -0.05) is 59.6 Å². The van der Waals surface area contributed by atoms with Crippen molar-refractivity contribution in [1.82, 2.24) is 15.2 Å². The first-order valence-corrected chi connectivity index (χ1v) is 14.9. The highest BCUT2D eigenvalue weighted by molar-refractivity contribution is 6.30. The molecule has 2 atom stereocenters. The molecule has 5 rings (SSSR count). The van der Waals surface area contributed by atoms with Crippen molar-refractivity contribution in [1.29, 1.82) is 0 Å². The van der Waals surface area contributed by atoms with Crippen LogP contribution in [0.1, 0.15) is 61.6 Å². The Bertz CT molecular complexity index is 1390. The largest absolute Gasteiger partial charge is 0.444 e. The van der Waals surface area contributed by atoms with Crippen molar-refractivity contribution >= 4 is 23.3 Å². The molecular weight excluding hydrogens is 534 g/mol. The van der Waals surface area contributed by atoms with Crippen LogP contribution in [0.4, 0.5) is 4.79 Å². The molecule has 1 saturated heterocycles. The third-order valence-corrected chi connectivity index (χ3v) is 8.09. The molecule has 0 bridgehead atoms. The topological polar surface area (TPSA) is 74.7 Å². The van der Waals surface area contributed by atoms with E-state index in [0.29, 0.717) is 13.0 Å². The molecule has 41 heavy (non-hydrogen) atoms. The van der Waals surface area contributed by atoms with Crippen LogP contribution < -0.4 is 5.32 Å². The first-order valence-electron chi connectivity index (χ1n) is 14.6. The lowest BCUT2D eigenvalue weighted by molar-refractivity contribution is 0.0359. The molecule has 2 heterocycles. The van der Waals surface area contributed by atoms with E-state index in [4.69, 9.17) is 21.3 Å². The average Bonchev–Trinajstić information content (AvgIpc) is 3.09. The molecule has 3 aromatic rings. The van der Waals surface area contributed by atoms with E-state index >= 15 is 0 Å². The van der Waals surface area contributed by atoms with Crippen LogP contribution in [0.5, 0.6) is 0 Å². The summed E-state index contributed by atoms with van der Waals surface area (Å²) in [6.45, 7) is 7.63. The van der Waals surface area contributed by atoms with E-state index in [1.165, 1.54) is 27.8 Å². The van der Waals surface area contributed by atoms with Gasteiger partial charge in [-0.25, -0.2) is 4.79 Å². The monoisotopic (exact) mass is 573 g/mol. The van der Waals surface area contributed by atoms with Crippen LogP contribution in [0.25, 0.3) is 5.57 Å². The Balaban J connectivity index is 1.32. The molecule has 0 saturated carbocycles. The number of carbonyl (C=O) groups is 1. The summed E-state index contributed by atoms with van der Waals surface area (Å²) in [5, 5.41) is 15.1. The molecule has 2 aliphatic rings. The smallest absolute Gasteiger partial charge is 0.407 e. The number of fused-ring (bicyclic) bond motifs is 2. The second-order valence-electron chi connectivity index (χ2n) is 12.1. The number of amides is 1. The second kappa shape index (κ2) is 12.8. The normalized spacial score (nSPS) is 17.2. The SMILES string of the molecule is CC(C)(C)OC(=O)N[C@@H](Cc1ccccc1)[C@H](O)CN1CCC(=C2c3ccc(Cl)cc3CCc3cccnc32)CC1. The number of halogens is 1. The minimum atomic E-state index is -0.750. The highest BCUT2D eigenvalue weighted by Gasteiger charge is 2.29. The van der Waals surface area contributed by atoms with Crippen LogP contribution in [0.3, 0.4) is 0 Å². The molecule has 1 amide bonds. The molecule has 2 aromatic carbocycles. The number of benzene rings is 2. The maximum Gasteiger partial charge on any atom is 0.407 e. The van der Waals surface area contributed by atoms with Gasteiger partial charge in [-0.15, -0.1) is 0 Å². The molecule has 1 aliphatic carbocycles. The number of β-amino-alcohol motifs (C(OH)–C–C–N with tert-alkyl or cyclic N) is 1. The van der Waals surface area contributed by atoms with Gasteiger partial charge >= 0.3 is 6.09 Å². The molecule has 1 aliphatic heterocycles. The van der Waals surface area contributed by atoms with Crippen molar-refractivity contribution in [3.8, 4) is 0 Å². The Morgan fingerprint density at radius 3 is 2.49 bits per heavy atom. The van der Waals surface area contributed by atoms with Crippen LogP contribution in [-0.4, -0.2) is 58.5 Å². The number of likely N-dealkylation sites (tertiary alicyclic amines) is 1. The van der Waals surface area contributed by atoms with Crippen LogP contribution >= 0.6 is 11.6 Å². The summed E-state index contributed by atoms with van der Waals surface area (Å²) in [6, 6.07) is 19.9. The quantitative estimate of drug-likeness (QED) is 0.366. The fourth-order valence-corrected chi connectivity index (χ4v) is 6.09. The summed E-state index contributed by atoms with van der Waals surface area (Å²) in [4.78, 5) is 19.8. The molecule has 216 valence electrons. The number of pyridine rings is 1. The van der Waals surface area contributed by atoms with Gasteiger partial charge in [0.1, 0.15) is 5.60 Å². The lowest BCUT2D eigenvalue weighted by Crippen LogP contribution is -2.51. The predicted octanol–water partition coefficient (Wildman–Crippen LogP) is 6.23. The number of aromatic nitrogens is 1. The summed E-state index contributed by atoms with van der Waals surface area (Å²) in [6.07, 6.45) is 4.81. The zero-order chi connectivity index (χ0) is 29.0. The van der Waals surface area contributed by atoms with Gasteiger partial charge in [0.15, 0.2) is 0 Å². The highest BCUT2D eigenvalue weighted by Crippen LogP contribution is 2.38. The molecule has 0 radical (unpaired) electrons. The van der Waals surface area contributed by atoms with Gasteiger partial charge in [0, 0.05) is 36.4 Å². The van der Waals surface area contributed by atoms with E-state index in [-0.39, 0.29) is 0 Å². The van der Waals surface area contributed by atoms with Crippen LogP contribution in [0.15, 0.2) is 72.4 Å². The van der Waals surface area contributed by atoms with E-state index < -0.39 is 23.8 Å². The fourth-order valence-electron chi connectivity index (χ4n) is 5.89. The van der Waals surface area contributed by atoms with Crippen molar-refractivity contribution < 1.29 is 14.6 Å². The first kappa shape index (κ1) is 29.3. The maximum atomic E-state index is 12.6. The Hall–Kier alpha value is -3.19. The Morgan fingerprint density at radius 1 is 1.02 bits per heavy atom. The summed E-state index contributed by atoms with van der Waals surface area (Å²) in [7, 11) is 0. The van der Waals surface area contributed by atoms with Crippen LogP contribution in [-0.2, 0) is 24.0 Å². The molecule has 0 spiro atoms. The first-order chi connectivity index (χ1) is 19.7. The van der Waals surface area contributed by atoms with Gasteiger partial charge in [0.25, 0.3) is 0 Å². The third-order valence-electron chi connectivity index (χ3n) is 7.85. The zero-order valence-electron chi connectivity index (χ0n) is 24.2. The number of aryl methyl sites for hydroxylation is 2. The van der Waals surface area contributed by atoms with Gasteiger partial charge in [0.2, 0.25) is 0 Å². The lowest BCUT2D eigenvalue weighted by Gasteiger charge is -2.34. The van der Waals surface area contributed by atoms with Crippen molar-refractivity contribution in [3.63, 3.8) is 0 Å². The number of aliphatic hydroxyl groups excluding tert-OH is 1. The van der Waals surface area contributed by atoms with Gasteiger partial charge in [-0.3, -0.25) is 4.98 Å². The number of carbonyl (C=O) groups excluding carboxylic acids is 1. The van der Waals surface area contributed by atoms with Gasteiger partial charge < -0.3 is 20.1 Å². The predicted molar refractivity (Wildman–Crippen MR) is 164 cm³/mol. The Labute approximate surface area is 248 Å². The summed E-state index contributed by atoms with van der Waals surface area (Å²) < 4.78 is 5.51. The number of nitrogens with one attached hydrogen (secondary N) is 1. The number of nitrogens with zero attached hydrogens (tertiary/aromatic N) is 2. The Morgan fingerprint density at radius 2 is 1.76 bits per heavy atom. The molecule has 1 aromatic heterocycles. The van der Waals surface area contributed by atoms with Crippen molar-refractivity contribution in [2.45, 2.75) is 70.6 Å². The number of aliphatic hydroxyl groups is 1. The van der Waals surface area contributed by atoms with Crippen LogP contribution in [0, 0.1) is 0 Å². The van der Waals surface area contributed by atoms with E-state index in [2.05, 4.69) is 28.4 Å². The van der Waals surface area contributed by atoms with E-state index in [9.17, 15) is 9.90 Å². The number of ether oxygens (including phenoxy) is 1. The minimum absolute atomic E-state index is 0.469. The second-order valence-corrected chi connectivity index (χ2v) is 12.5. The van der Waals surface area contributed by atoms with Crippen LogP contribution in [0.2, 0.25) is 5.02 Å². The molecular formula is C34H40ClN3O3. The van der Waals surface area contributed by atoms with Crippen molar-refractivity contribution in [2.24, 2.45) is 0 Å². The molecule has 6 nitrogen and oxygen atoms in total. The van der Waals surface area contributed by atoms with E-state index in [1.54, 1.807) is 0 Å². The van der Waals surface area contributed by atoms with Crippen molar-refractivity contribution in [2.75, 3.05) is 19.6 Å². The lowest BCUT2D eigenvalue weighted by atomic mass is 9.88. The fraction of sp³-hybridized carbons (Fsp3) is 0.412. The van der Waals surface area contributed by atoms with Gasteiger partial charge in [0.05, 0.1) is 17.8 Å². The average molecular weight is 574 g/mol. The number of alkyl carbamates (subject to hydrolysis) is 1. The van der Waals surface area contributed by atoms with Crippen molar-refractivity contribution in [3.05, 3.63) is 105 Å². The third kappa shape index (κ3) is 7.56. The standard InChI is InChI=1S/C34H40ClN3O3/c1-34(2,3)41-33(40)37-29(20-23-8-5-4-6-9-23)30(39)22-38-18-15-24(16-19-38)31-28-14-13-27(35)21-26(28)12-11-25-10-7-17-36-32(25)31/h4-10,13-14,17,21,29-30,39H,11-12,15-16,18-20,22H2,1-3H3,(H,37,40)/t29-,30+/m0/s1. The maximum absolute atomic E-state index is 12.6. The number of rotatable bonds is 6. The number of hydrogen-bond acceptors (Lipinski definition) is 5. The van der Waals surface area contributed by atoms with Gasteiger partial charge in [-0.2, -0.15) is 0 Å².